The molecule has 6 nitrogen and oxygen atoms in total. The topological polar surface area (TPSA) is 71.9 Å². The van der Waals surface area contributed by atoms with Crippen LogP contribution in [0.2, 0.25) is 0 Å². The van der Waals surface area contributed by atoms with E-state index >= 15 is 0 Å². The largest absolute Gasteiger partial charge is 0.472 e. The van der Waals surface area contributed by atoms with E-state index < -0.39 is 0 Å². The van der Waals surface area contributed by atoms with Crippen LogP contribution in [-0.2, 0) is 4.74 Å². The summed E-state index contributed by atoms with van der Waals surface area (Å²) in [6, 6.07) is 12.6. The molecule has 2 heterocycles. The standard InChI is InChI=1S/C18H20N2O4/c21-10-9-20(15-4-2-1-3-5-15)18(22)14-6-7-17(19-12-14)24-16-8-11-23-13-16/h1-7,12,16,21H,8-11,13H2. The molecule has 1 N–H and O–H groups in total. The molecular weight excluding hydrogens is 308 g/mol. The van der Waals surface area contributed by atoms with Gasteiger partial charge in [0, 0.05) is 30.9 Å². The molecular formula is C18H20N2O4. The number of para-hydroxylation sites is 1. The van der Waals surface area contributed by atoms with Crippen molar-refractivity contribution in [3.8, 4) is 5.88 Å². The van der Waals surface area contributed by atoms with Crippen molar-refractivity contribution >= 4 is 11.6 Å². The summed E-state index contributed by atoms with van der Waals surface area (Å²) < 4.78 is 11.0. The van der Waals surface area contributed by atoms with Crippen molar-refractivity contribution in [2.75, 3.05) is 31.3 Å². The lowest BCUT2D eigenvalue weighted by Gasteiger charge is -2.22. The molecule has 24 heavy (non-hydrogen) atoms. The van der Waals surface area contributed by atoms with Crippen molar-refractivity contribution in [2.24, 2.45) is 0 Å². The number of amides is 1. The molecule has 1 aromatic heterocycles. The molecule has 1 atom stereocenters. The van der Waals surface area contributed by atoms with Gasteiger partial charge < -0.3 is 19.5 Å². The molecule has 0 spiro atoms. The highest BCUT2D eigenvalue weighted by Crippen LogP contribution is 2.19. The van der Waals surface area contributed by atoms with Crippen molar-refractivity contribution < 1.29 is 19.4 Å². The third-order valence-electron chi connectivity index (χ3n) is 3.80. The number of rotatable bonds is 6. The number of carbonyl (C=O) groups excluding carboxylic acids is 1. The van der Waals surface area contributed by atoms with Crippen molar-refractivity contribution in [2.45, 2.75) is 12.5 Å². The number of hydrogen-bond donors (Lipinski definition) is 1. The van der Waals surface area contributed by atoms with Gasteiger partial charge in [0.05, 0.1) is 25.4 Å². The second kappa shape index (κ2) is 7.90. The van der Waals surface area contributed by atoms with Crippen molar-refractivity contribution in [1.29, 1.82) is 0 Å². The summed E-state index contributed by atoms with van der Waals surface area (Å²) in [5.41, 5.74) is 1.18. The van der Waals surface area contributed by atoms with E-state index in [1.54, 1.807) is 12.1 Å². The molecule has 1 amide bonds. The highest BCUT2D eigenvalue weighted by atomic mass is 16.5. The maximum Gasteiger partial charge on any atom is 0.259 e. The van der Waals surface area contributed by atoms with Crippen LogP contribution in [0.5, 0.6) is 5.88 Å². The van der Waals surface area contributed by atoms with Gasteiger partial charge in [0.1, 0.15) is 6.10 Å². The Morgan fingerprint density at radius 2 is 2.12 bits per heavy atom. The summed E-state index contributed by atoms with van der Waals surface area (Å²) in [6.07, 6.45) is 2.37. The van der Waals surface area contributed by atoms with Crippen LogP contribution in [0.25, 0.3) is 0 Å². The van der Waals surface area contributed by atoms with Crippen LogP contribution in [0, 0.1) is 0 Å². The Hall–Kier alpha value is -2.44. The number of carbonyl (C=O) groups is 1. The number of aliphatic hydroxyl groups excluding tert-OH is 1. The SMILES string of the molecule is O=C(c1ccc(OC2CCOC2)nc1)N(CCO)c1ccccc1. The number of pyridine rings is 1. The number of anilines is 1. The van der Waals surface area contributed by atoms with E-state index in [-0.39, 0.29) is 25.2 Å². The molecule has 0 saturated carbocycles. The summed E-state index contributed by atoms with van der Waals surface area (Å²) >= 11 is 0. The van der Waals surface area contributed by atoms with E-state index in [0.717, 1.165) is 12.1 Å². The summed E-state index contributed by atoms with van der Waals surface area (Å²) in [5.74, 6) is 0.272. The Balaban J connectivity index is 1.72. The maximum absolute atomic E-state index is 12.7. The van der Waals surface area contributed by atoms with Gasteiger partial charge in [-0.3, -0.25) is 4.79 Å². The van der Waals surface area contributed by atoms with Gasteiger partial charge in [0.25, 0.3) is 5.91 Å². The van der Waals surface area contributed by atoms with E-state index in [2.05, 4.69) is 4.98 Å². The van der Waals surface area contributed by atoms with Gasteiger partial charge in [-0.25, -0.2) is 4.98 Å². The van der Waals surface area contributed by atoms with Gasteiger partial charge in [0.2, 0.25) is 5.88 Å². The van der Waals surface area contributed by atoms with E-state index in [1.807, 2.05) is 30.3 Å². The normalized spacial score (nSPS) is 16.8. The van der Waals surface area contributed by atoms with Crippen LogP contribution in [0.4, 0.5) is 5.69 Å². The van der Waals surface area contributed by atoms with Gasteiger partial charge in [-0.2, -0.15) is 0 Å². The van der Waals surface area contributed by atoms with Gasteiger partial charge in [-0.15, -0.1) is 0 Å². The van der Waals surface area contributed by atoms with E-state index in [0.29, 0.717) is 24.7 Å². The molecule has 2 aromatic rings. The van der Waals surface area contributed by atoms with Crippen LogP contribution in [0.1, 0.15) is 16.8 Å². The predicted octanol–water partition coefficient (Wildman–Crippen LogP) is 1.89. The third-order valence-corrected chi connectivity index (χ3v) is 3.80. The minimum absolute atomic E-state index is 0.0225. The van der Waals surface area contributed by atoms with Crippen molar-refractivity contribution in [1.82, 2.24) is 4.98 Å². The zero-order chi connectivity index (χ0) is 16.8. The molecule has 126 valence electrons. The van der Waals surface area contributed by atoms with Crippen LogP contribution in [0.3, 0.4) is 0 Å². The highest BCUT2D eigenvalue weighted by molar-refractivity contribution is 6.05. The molecule has 1 fully saturated rings. The molecule has 1 aliphatic heterocycles. The summed E-state index contributed by atoms with van der Waals surface area (Å²) in [7, 11) is 0. The number of nitrogens with zero attached hydrogens (tertiary/aromatic N) is 2. The second-order valence-corrected chi connectivity index (χ2v) is 5.50. The quantitative estimate of drug-likeness (QED) is 0.877. The number of ether oxygens (including phenoxy) is 2. The van der Waals surface area contributed by atoms with Gasteiger partial charge in [-0.1, -0.05) is 18.2 Å². The Morgan fingerprint density at radius 1 is 1.29 bits per heavy atom. The lowest BCUT2D eigenvalue weighted by molar-refractivity contribution is 0.0980. The fourth-order valence-electron chi connectivity index (χ4n) is 2.56. The minimum atomic E-state index is -0.210. The summed E-state index contributed by atoms with van der Waals surface area (Å²) in [5, 5.41) is 9.26. The fraction of sp³-hybridized carbons (Fsp3) is 0.333. The molecule has 0 radical (unpaired) electrons. The Bertz CT molecular complexity index is 654. The maximum atomic E-state index is 12.7. The first-order valence-corrected chi connectivity index (χ1v) is 7.96. The third kappa shape index (κ3) is 3.90. The lowest BCUT2D eigenvalue weighted by atomic mass is 10.2. The molecule has 1 saturated heterocycles. The highest BCUT2D eigenvalue weighted by Gasteiger charge is 2.20. The van der Waals surface area contributed by atoms with Crippen LogP contribution >= 0.6 is 0 Å². The number of benzene rings is 1. The number of hydrogen-bond acceptors (Lipinski definition) is 5. The Morgan fingerprint density at radius 3 is 2.75 bits per heavy atom. The first kappa shape index (κ1) is 16.4. The zero-order valence-corrected chi connectivity index (χ0v) is 13.3. The first-order valence-electron chi connectivity index (χ1n) is 7.96. The average Bonchev–Trinajstić information content (AvgIpc) is 3.13. The fourth-order valence-corrected chi connectivity index (χ4v) is 2.56. The molecule has 3 rings (SSSR count). The Labute approximate surface area is 140 Å². The van der Waals surface area contributed by atoms with Gasteiger partial charge >= 0.3 is 0 Å². The molecule has 6 heteroatoms. The first-order chi connectivity index (χ1) is 11.8. The van der Waals surface area contributed by atoms with Crippen LogP contribution in [0.15, 0.2) is 48.7 Å². The zero-order valence-electron chi connectivity index (χ0n) is 13.3. The Kier molecular flexibility index (Phi) is 5.40. The predicted molar refractivity (Wildman–Crippen MR) is 89.3 cm³/mol. The number of aliphatic hydroxyl groups is 1. The smallest absolute Gasteiger partial charge is 0.259 e. The average molecular weight is 328 g/mol. The van der Waals surface area contributed by atoms with Crippen LogP contribution in [-0.4, -0.2) is 48.5 Å². The van der Waals surface area contributed by atoms with Gasteiger partial charge in [-0.05, 0) is 18.2 Å². The summed E-state index contributed by atoms with van der Waals surface area (Å²) in [6.45, 7) is 1.38. The summed E-state index contributed by atoms with van der Waals surface area (Å²) in [4.78, 5) is 18.4. The molecule has 1 unspecified atom stereocenters. The van der Waals surface area contributed by atoms with E-state index in [4.69, 9.17) is 9.47 Å². The number of aromatic nitrogens is 1. The van der Waals surface area contributed by atoms with Crippen LogP contribution < -0.4 is 9.64 Å². The van der Waals surface area contributed by atoms with Crippen molar-refractivity contribution in [3.05, 3.63) is 54.2 Å². The van der Waals surface area contributed by atoms with E-state index in [1.165, 1.54) is 11.1 Å². The molecule has 0 aliphatic carbocycles. The van der Waals surface area contributed by atoms with Crippen molar-refractivity contribution in [3.63, 3.8) is 0 Å². The molecule has 0 bridgehead atoms. The minimum Gasteiger partial charge on any atom is -0.472 e. The lowest BCUT2D eigenvalue weighted by Crippen LogP contribution is -2.33. The second-order valence-electron chi connectivity index (χ2n) is 5.50. The monoisotopic (exact) mass is 328 g/mol. The molecule has 1 aliphatic rings. The van der Waals surface area contributed by atoms with E-state index in [9.17, 15) is 9.90 Å². The molecule has 1 aromatic carbocycles. The van der Waals surface area contributed by atoms with Gasteiger partial charge in [0.15, 0.2) is 0 Å².